The second-order valence-corrected chi connectivity index (χ2v) is 9.06. The van der Waals surface area contributed by atoms with Gasteiger partial charge in [-0.05, 0) is 48.1 Å². The zero-order valence-corrected chi connectivity index (χ0v) is 18.6. The molecule has 2 amide bonds. The number of hydrogen-bond donors (Lipinski definition) is 1. The number of rotatable bonds is 6. The van der Waals surface area contributed by atoms with Gasteiger partial charge in [0, 0.05) is 55.1 Å². The van der Waals surface area contributed by atoms with E-state index in [0.717, 1.165) is 22.0 Å². The molecule has 3 heterocycles. The van der Waals surface area contributed by atoms with E-state index in [2.05, 4.69) is 9.88 Å². The van der Waals surface area contributed by atoms with Crippen LogP contribution in [0.15, 0.2) is 54.7 Å². The maximum atomic E-state index is 13.1. The average Bonchev–Trinajstić information content (AvgIpc) is 3.35. The summed E-state index contributed by atoms with van der Waals surface area (Å²) < 4.78 is 7.66. The summed E-state index contributed by atoms with van der Waals surface area (Å²) in [5, 5.41) is 4.87. The first-order chi connectivity index (χ1) is 15.6. The molecule has 0 spiro atoms. The molecule has 5 rings (SSSR count). The van der Waals surface area contributed by atoms with Crippen LogP contribution in [0.5, 0.6) is 0 Å². The third-order valence-corrected chi connectivity index (χ3v) is 6.95. The fourth-order valence-corrected chi connectivity index (χ4v) is 5.13. The number of halogens is 1. The first-order valence-electron chi connectivity index (χ1n) is 11.0. The lowest BCUT2D eigenvalue weighted by molar-refractivity contribution is -0.125. The predicted molar refractivity (Wildman–Crippen MR) is 124 cm³/mol. The van der Waals surface area contributed by atoms with Crippen LogP contribution in [0.3, 0.4) is 0 Å². The van der Waals surface area contributed by atoms with Crippen molar-refractivity contribution in [3.8, 4) is 0 Å². The largest absolute Gasteiger partial charge is 0.381 e. The first kappa shape index (κ1) is 21.0. The highest BCUT2D eigenvalue weighted by molar-refractivity contribution is 6.31. The van der Waals surface area contributed by atoms with Gasteiger partial charge in [0.25, 0.3) is 5.91 Å². The molecule has 2 aliphatic heterocycles. The van der Waals surface area contributed by atoms with Gasteiger partial charge in [0.05, 0.1) is 12.0 Å². The highest BCUT2D eigenvalue weighted by atomic mass is 35.5. The monoisotopic (exact) mass is 451 g/mol. The molecule has 1 N–H and O–H groups in total. The number of amides is 2. The van der Waals surface area contributed by atoms with E-state index >= 15 is 0 Å². The molecule has 166 valence electrons. The molecular formula is C25H26ClN3O3. The molecular weight excluding hydrogens is 426 g/mol. The number of fused-ring (bicyclic) bond motifs is 2. The van der Waals surface area contributed by atoms with Crippen LogP contribution in [-0.2, 0) is 22.6 Å². The van der Waals surface area contributed by atoms with Crippen LogP contribution in [0.25, 0.3) is 10.9 Å². The second kappa shape index (κ2) is 8.60. The van der Waals surface area contributed by atoms with Crippen LogP contribution in [-0.4, -0.2) is 46.6 Å². The van der Waals surface area contributed by atoms with Crippen molar-refractivity contribution in [2.24, 2.45) is 0 Å². The number of aromatic nitrogens is 1. The molecule has 0 saturated carbocycles. The zero-order valence-electron chi connectivity index (χ0n) is 17.9. The van der Waals surface area contributed by atoms with E-state index in [1.54, 1.807) is 0 Å². The van der Waals surface area contributed by atoms with Gasteiger partial charge in [-0.3, -0.25) is 9.59 Å². The molecule has 1 aromatic heterocycles. The Labute approximate surface area is 192 Å². The average molecular weight is 452 g/mol. The number of hydrogen-bond acceptors (Lipinski definition) is 3. The Bertz CT molecular complexity index is 1170. The van der Waals surface area contributed by atoms with Crippen LogP contribution in [0.2, 0.25) is 5.02 Å². The van der Waals surface area contributed by atoms with E-state index in [1.165, 1.54) is 0 Å². The lowest BCUT2D eigenvalue weighted by Crippen LogP contribution is -2.54. The topological polar surface area (TPSA) is 63.6 Å². The fourth-order valence-electron chi connectivity index (χ4n) is 4.96. The Morgan fingerprint density at radius 1 is 1.12 bits per heavy atom. The maximum absolute atomic E-state index is 13.1. The molecule has 1 fully saturated rings. The van der Waals surface area contributed by atoms with Gasteiger partial charge in [0.1, 0.15) is 0 Å². The molecule has 1 saturated heterocycles. The molecule has 3 aromatic rings. The molecule has 7 heteroatoms. The van der Waals surface area contributed by atoms with Crippen LogP contribution in [0.4, 0.5) is 0 Å². The van der Waals surface area contributed by atoms with Gasteiger partial charge >= 0.3 is 0 Å². The van der Waals surface area contributed by atoms with Crippen molar-refractivity contribution in [2.45, 2.75) is 37.9 Å². The number of ether oxygens (including phenoxy) is 1. The summed E-state index contributed by atoms with van der Waals surface area (Å²) in [5.41, 5.74) is 2.32. The Balaban J connectivity index is 1.26. The third kappa shape index (κ3) is 3.89. The van der Waals surface area contributed by atoms with Gasteiger partial charge in [-0.25, -0.2) is 0 Å². The number of carbonyl (C=O) groups is 2. The van der Waals surface area contributed by atoms with Gasteiger partial charge in [-0.2, -0.15) is 0 Å². The predicted octanol–water partition coefficient (Wildman–Crippen LogP) is 4.01. The molecule has 0 aliphatic carbocycles. The fraction of sp³-hybridized carbons (Fsp3) is 0.360. The van der Waals surface area contributed by atoms with Crippen LogP contribution < -0.4 is 5.32 Å². The minimum atomic E-state index is -0.508. The van der Waals surface area contributed by atoms with Crippen molar-refractivity contribution in [3.05, 3.63) is 70.9 Å². The second-order valence-electron chi connectivity index (χ2n) is 8.62. The Hall–Kier alpha value is -2.83. The molecule has 2 aromatic carbocycles. The van der Waals surface area contributed by atoms with E-state index in [9.17, 15) is 9.59 Å². The molecule has 0 atom stereocenters. The number of carbonyl (C=O) groups excluding carboxylic acids is 2. The van der Waals surface area contributed by atoms with Gasteiger partial charge in [-0.15, -0.1) is 0 Å². The Kier molecular flexibility index (Phi) is 5.66. The summed E-state index contributed by atoms with van der Waals surface area (Å²) in [6, 6.07) is 15.6. The zero-order chi connectivity index (χ0) is 22.1. The van der Waals surface area contributed by atoms with Crippen LogP contribution >= 0.6 is 11.6 Å². The SMILES string of the molecule is O=C(CC1(N2Cc3ccccc3C2=O)CCOCC1)NCCn1ccc2ccc(Cl)cc21. The van der Waals surface area contributed by atoms with Crippen LogP contribution in [0.1, 0.15) is 35.2 Å². The van der Waals surface area contributed by atoms with E-state index in [-0.39, 0.29) is 18.2 Å². The summed E-state index contributed by atoms with van der Waals surface area (Å²) in [6.45, 7) is 2.83. The first-order valence-corrected chi connectivity index (χ1v) is 11.4. The highest BCUT2D eigenvalue weighted by Crippen LogP contribution is 2.38. The molecule has 2 aliphatic rings. The summed E-state index contributed by atoms with van der Waals surface area (Å²) in [4.78, 5) is 28.0. The van der Waals surface area contributed by atoms with Gasteiger partial charge in [0.2, 0.25) is 5.91 Å². The summed E-state index contributed by atoms with van der Waals surface area (Å²) in [7, 11) is 0. The van der Waals surface area contributed by atoms with E-state index in [0.29, 0.717) is 50.7 Å². The van der Waals surface area contributed by atoms with Crippen molar-refractivity contribution in [1.29, 1.82) is 0 Å². The Morgan fingerprint density at radius 3 is 2.75 bits per heavy atom. The number of benzene rings is 2. The van der Waals surface area contributed by atoms with E-state index < -0.39 is 5.54 Å². The minimum Gasteiger partial charge on any atom is -0.381 e. The van der Waals surface area contributed by atoms with Crippen molar-refractivity contribution < 1.29 is 14.3 Å². The summed E-state index contributed by atoms with van der Waals surface area (Å²) in [5.74, 6) is -0.0175. The van der Waals surface area contributed by atoms with E-state index in [4.69, 9.17) is 16.3 Å². The smallest absolute Gasteiger partial charge is 0.254 e. The molecule has 6 nitrogen and oxygen atoms in total. The maximum Gasteiger partial charge on any atom is 0.254 e. The van der Waals surface area contributed by atoms with Crippen molar-refractivity contribution in [3.63, 3.8) is 0 Å². The van der Waals surface area contributed by atoms with Gasteiger partial charge < -0.3 is 19.5 Å². The summed E-state index contributed by atoms with van der Waals surface area (Å²) >= 11 is 6.14. The van der Waals surface area contributed by atoms with Crippen LogP contribution in [0, 0.1) is 0 Å². The Morgan fingerprint density at radius 2 is 1.94 bits per heavy atom. The molecule has 32 heavy (non-hydrogen) atoms. The standard InChI is InChI=1S/C25H26ClN3O3/c26-20-6-5-18-7-11-28(22(18)15-20)12-10-27-23(30)16-25(8-13-32-14-9-25)29-17-19-3-1-2-4-21(19)24(29)31/h1-7,11,15H,8-10,12-14,16-17H2,(H,27,30). The van der Waals surface area contributed by atoms with Gasteiger partial charge in [0.15, 0.2) is 0 Å². The summed E-state index contributed by atoms with van der Waals surface area (Å²) in [6.07, 6.45) is 3.63. The van der Waals surface area contributed by atoms with E-state index in [1.807, 2.05) is 59.6 Å². The number of nitrogens with one attached hydrogen (secondary N) is 1. The lowest BCUT2D eigenvalue weighted by Gasteiger charge is -2.44. The highest BCUT2D eigenvalue weighted by Gasteiger charge is 2.45. The lowest BCUT2D eigenvalue weighted by atomic mass is 9.84. The third-order valence-electron chi connectivity index (χ3n) is 6.72. The van der Waals surface area contributed by atoms with Gasteiger partial charge in [-0.1, -0.05) is 35.9 Å². The van der Waals surface area contributed by atoms with Crippen molar-refractivity contribution in [2.75, 3.05) is 19.8 Å². The van der Waals surface area contributed by atoms with Crippen molar-refractivity contribution >= 4 is 34.3 Å². The van der Waals surface area contributed by atoms with Crippen molar-refractivity contribution in [1.82, 2.24) is 14.8 Å². The molecule has 0 bridgehead atoms. The number of nitrogens with zero attached hydrogens (tertiary/aromatic N) is 2. The quantitative estimate of drug-likeness (QED) is 0.616. The molecule has 0 unspecified atom stereocenters. The minimum absolute atomic E-state index is 0.0194. The normalized spacial score (nSPS) is 17.5. The molecule has 0 radical (unpaired) electrons.